The van der Waals surface area contributed by atoms with Crippen LogP contribution in [0.2, 0.25) is 0 Å². The van der Waals surface area contributed by atoms with Crippen LogP contribution in [0, 0.1) is 0 Å². The summed E-state index contributed by atoms with van der Waals surface area (Å²) in [5, 5.41) is 7.63. The first-order valence-corrected chi connectivity index (χ1v) is 6.88. The fraction of sp³-hybridized carbons (Fsp3) is 0.625. The zero-order valence-corrected chi connectivity index (χ0v) is 17.0. The van der Waals surface area contributed by atoms with Crippen molar-refractivity contribution in [2.24, 2.45) is 0 Å². The van der Waals surface area contributed by atoms with Gasteiger partial charge in [-0.2, -0.15) is 6.54 Å². The molecular formula is C16H31KN2. The smallest absolute Gasteiger partial charge is 0.660 e. The van der Waals surface area contributed by atoms with Crippen LogP contribution < -0.4 is 56.7 Å². The van der Waals surface area contributed by atoms with E-state index in [-0.39, 0.29) is 51.4 Å². The van der Waals surface area contributed by atoms with Gasteiger partial charge in [-0.15, -0.1) is 6.04 Å². The number of hydrogen-bond acceptors (Lipinski definition) is 1. The van der Waals surface area contributed by atoms with Crippen molar-refractivity contribution in [2.45, 2.75) is 47.1 Å². The molecule has 0 amide bonds. The molecule has 0 heterocycles. The first-order valence-electron chi connectivity index (χ1n) is 6.88. The van der Waals surface area contributed by atoms with E-state index < -0.39 is 0 Å². The van der Waals surface area contributed by atoms with Gasteiger partial charge in [0.2, 0.25) is 0 Å². The molecule has 106 valence electrons. The molecule has 0 saturated carbocycles. The zero-order valence-electron chi connectivity index (χ0n) is 13.9. The first kappa shape index (κ1) is 24.8. The normalized spacial score (nSPS) is 11.0. The minimum Gasteiger partial charge on any atom is -0.660 e. The van der Waals surface area contributed by atoms with E-state index in [2.05, 4.69) is 51.8 Å². The largest absolute Gasteiger partial charge is 1.00 e. The molecule has 19 heavy (non-hydrogen) atoms. The zero-order chi connectivity index (χ0) is 14.2. The van der Waals surface area contributed by atoms with Crippen molar-refractivity contribution in [3.63, 3.8) is 0 Å². The first-order chi connectivity index (χ1) is 8.58. The third-order valence-electron chi connectivity index (χ3n) is 2.16. The summed E-state index contributed by atoms with van der Waals surface area (Å²) in [5.41, 5.74) is 1.31. The van der Waals surface area contributed by atoms with Crippen LogP contribution in [0.25, 0.3) is 5.32 Å². The molecule has 0 spiro atoms. The number of rotatable bonds is 8. The molecule has 0 fully saturated rings. The Morgan fingerprint density at radius 3 is 2.32 bits per heavy atom. The van der Waals surface area contributed by atoms with Gasteiger partial charge >= 0.3 is 51.4 Å². The summed E-state index contributed by atoms with van der Waals surface area (Å²) < 4.78 is 0. The molecule has 2 nitrogen and oxygen atoms in total. The van der Waals surface area contributed by atoms with Gasteiger partial charge in [0, 0.05) is 0 Å². The second-order valence-corrected chi connectivity index (χ2v) is 4.35. The maximum atomic E-state index is 4.36. The average molecular weight is 291 g/mol. The molecule has 0 bridgehead atoms. The molecule has 1 N–H and O–H groups in total. The molecule has 0 aliphatic rings. The standard InChI is InChI=1S/C8H19N2.C8H12.K/c1-4-9-7-6-8(3)10-5-2;1-4-5-6-7-8(2)3;/h8-9H,4-7H2,1-3H3;4-7H,1H2,2-3H3;/q-1;;+1/b;6-5-;. The molecule has 0 aliphatic carbocycles. The minimum absolute atomic E-state index is 0. The van der Waals surface area contributed by atoms with E-state index in [1.165, 1.54) is 12.0 Å². The number of nitrogens with one attached hydrogen (secondary N) is 1. The Hall–Kier alpha value is 0.776. The Bertz CT molecular complexity index is 231. The Balaban J connectivity index is -0.000000262. The molecule has 0 aromatic heterocycles. The van der Waals surface area contributed by atoms with Crippen LogP contribution in [0.1, 0.15) is 41.0 Å². The van der Waals surface area contributed by atoms with Crippen LogP contribution >= 0.6 is 0 Å². The molecule has 0 aromatic rings. The van der Waals surface area contributed by atoms with Crippen LogP contribution in [-0.4, -0.2) is 25.7 Å². The average Bonchev–Trinajstić information content (AvgIpc) is 2.30. The van der Waals surface area contributed by atoms with Gasteiger partial charge in [-0.1, -0.05) is 63.6 Å². The van der Waals surface area contributed by atoms with Crippen molar-refractivity contribution in [2.75, 3.05) is 19.6 Å². The van der Waals surface area contributed by atoms with Crippen molar-refractivity contribution in [3.8, 4) is 0 Å². The van der Waals surface area contributed by atoms with E-state index in [1.54, 1.807) is 6.08 Å². The quantitative estimate of drug-likeness (QED) is 0.409. The van der Waals surface area contributed by atoms with Crippen LogP contribution in [0.3, 0.4) is 0 Å². The Kier molecular flexibility index (Phi) is 27.5. The van der Waals surface area contributed by atoms with Crippen molar-refractivity contribution in [1.82, 2.24) is 5.32 Å². The summed E-state index contributed by atoms with van der Waals surface area (Å²) >= 11 is 0. The number of nitrogens with zero attached hydrogens (tertiary/aromatic N) is 1. The van der Waals surface area contributed by atoms with Gasteiger partial charge in [0.05, 0.1) is 0 Å². The van der Waals surface area contributed by atoms with Crippen LogP contribution in [0.4, 0.5) is 0 Å². The molecule has 0 radical (unpaired) electrons. The minimum atomic E-state index is 0. The third kappa shape index (κ3) is 27.8. The molecule has 1 atom stereocenters. The third-order valence-corrected chi connectivity index (χ3v) is 2.16. The van der Waals surface area contributed by atoms with Crippen LogP contribution in [0.5, 0.6) is 0 Å². The van der Waals surface area contributed by atoms with E-state index >= 15 is 0 Å². The van der Waals surface area contributed by atoms with E-state index in [9.17, 15) is 0 Å². The van der Waals surface area contributed by atoms with Gasteiger partial charge < -0.3 is 10.6 Å². The van der Waals surface area contributed by atoms with E-state index in [4.69, 9.17) is 0 Å². The molecular weight excluding hydrogens is 259 g/mol. The van der Waals surface area contributed by atoms with E-state index in [1.807, 2.05) is 18.2 Å². The number of allylic oxidation sites excluding steroid dienone is 5. The van der Waals surface area contributed by atoms with Crippen molar-refractivity contribution < 1.29 is 51.4 Å². The monoisotopic (exact) mass is 290 g/mol. The summed E-state index contributed by atoms with van der Waals surface area (Å²) in [6.07, 6.45) is 8.86. The maximum Gasteiger partial charge on any atom is 1.00 e. The Morgan fingerprint density at radius 1 is 1.26 bits per heavy atom. The second-order valence-electron chi connectivity index (χ2n) is 4.35. The van der Waals surface area contributed by atoms with Gasteiger partial charge in [0.1, 0.15) is 0 Å². The molecule has 1 unspecified atom stereocenters. The summed E-state index contributed by atoms with van der Waals surface area (Å²) in [7, 11) is 0. The number of hydrogen-bond donors (Lipinski definition) is 1. The fourth-order valence-electron chi connectivity index (χ4n) is 1.22. The van der Waals surface area contributed by atoms with E-state index in [0.717, 1.165) is 19.6 Å². The molecule has 0 rings (SSSR count). The summed E-state index contributed by atoms with van der Waals surface area (Å²) in [6.45, 7) is 17.2. The van der Waals surface area contributed by atoms with Gasteiger partial charge in [-0.3, -0.25) is 0 Å². The summed E-state index contributed by atoms with van der Waals surface area (Å²) in [6, 6.07) is 0.532. The Morgan fingerprint density at radius 2 is 1.89 bits per heavy atom. The molecule has 0 saturated heterocycles. The van der Waals surface area contributed by atoms with Crippen LogP contribution in [-0.2, 0) is 0 Å². The topological polar surface area (TPSA) is 26.1 Å². The summed E-state index contributed by atoms with van der Waals surface area (Å²) in [4.78, 5) is 0. The predicted molar refractivity (Wildman–Crippen MR) is 85.3 cm³/mol. The van der Waals surface area contributed by atoms with Crippen molar-refractivity contribution in [3.05, 3.63) is 41.8 Å². The molecule has 0 aliphatic heterocycles. The van der Waals surface area contributed by atoms with Gasteiger partial charge in [-0.25, -0.2) is 0 Å². The van der Waals surface area contributed by atoms with Gasteiger partial charge in [0.25, 0.3) is 0 Å². The predicted octanol–water partition coefficient (Wildman–Crippen LogP) is 1.47. The van der Waals surface area contributed by atoms with Crippen molar-refractivity contribution >= 4 is 0 Å². The SMILES string of the molecule is C=C/C=C\C=C(C)C.CC[N-]C(C)CCNCC.[K+]. The fourth-order valence-corrected chi connectivity index (χ4v) is 1.22. The maximum absolute atomic E-state index is 4.36. The van der Waals surface area contributed by atoms with E-state index in [0.29, 0.717) is 6.04 Å². The summed E-state index contributed by atoms with van der Waals surface area (Å²) in [5.74, 6) is 0. The van der Waals surface area contributed by atoms with Gasteiger partial charge in [-0.05, 0) is 26.9 Å². The van der Waals surface area contributed by atoms with Crippen LogP contribution in [0.15, 0.2) is 36.5 Å². The van der Waals surface area contributed by atoms with Gasteiger partial charge in [0.15, 0.2) is 0 Å². The van der Waals surface area contributed by atoms with Crippen molar-refractivity contribution in [1.29, 1.82) is 0 Å². The molecule has 3 heteroatoms. The molecule has 0 aromatic carbocycles. The second kappa shape index (κ2) is 21.1. The Labute approximate surface area is 163 Å².